The summed E-state index contributed by atoms with van der Waals surface area (Å²) >= 11 is 0. The molecule has 0 radical (unpaired) electrons. The molecule has 0 spiro atoms. The van der Waals surface area contributed by atoms with E-state index >= 15 is 0 Å². The summed E-state index contributed by atoms with van der Waals surface area (Å²) in [6, 6.07) is 5.56. The maximum absolute atomic E-state index is 12.3. The minimum atomic E-state index is -0.167. The van der Waals surface area contributed by atoms with Gasteiger partial charge in [-0.25, -0.2) is 4.98 Å². The summed E-state index contributed by atoms with van der Waals surface area (Å²) in [6.07, 6.45) is 3.54. The van der Waals surface area contributed by atoms with Gasteiger partial charge in [0.25, 0.3) is 5.91 Å². The van der Waals surface area contributed by atoms with E-state index in [1.165, 1.54) is 0 Å². The van der Waals surface area contributed by atoms with Crippen molar-refractivity contribution in [2.45, 2.75) is 13.5 Å². The summed E-state index contributed by atoms with van der Waals surface area (Å²) in [5.41, 5.74) is 7.69. The van der Waals surface area contributed by atoms with Crippen LogP contribution in [0.4, 0.5) is 0 Å². The number of nitrogens with one attached hydrogen (secondary N) is 1. The number of carbonyl (C=O) groups excluding carboxylic acids is 1. The monoisotopic (exact) mass is 282 g/mol. The number of carbonyl (C=O) groups is 1. The van der Waals surface area contributed by atoms with Crippen LogP contribution in [0.5, 0.6) is 0 Å². The zero-order valence-electron chi connectivity index (χ0n) is 12.2. The average molecular weight is 282 g/mol. The van der Waals surface area contributed by atoms with Crippen molar-refractivity contribution in [2.75, 3.05) is 6.54 Å². The highest BCUT2D eigenvalue weighted by Crippen LogP contribution is 2.11. The van der Waals surface area contributed by atoms with Crippen molar-refractivity contribution in [1.82, 2.24) is 14.9 Å². The Morgan fingerprint density at radius 2 is 2.29 bits per heavy atom. The highest BCUT2D eigenvalue weighted by molar-refractivity contribution is 5.96. The van der Waals surface area contributed by atoms with Crippen LogP contribution in [0.2, 0.25) is 0 Å². The number of hydrogen-bond acceptors (Lipinski definition) is 3. The summed E-state index contributed by atoms with van der Waals surface area (Å²) in [5.74, 6) is 6.36. The lowest BCUT2D eigenvalue weighted by atomic mass is 10.0. The molecule has 1 aromatic heterocycles. The molecule has 0 fully saturated rings. The standard InChI is InChI=1S/C16H18N4O/c1-12-5-6-14(13(10-12)4-3-7-17)16(21)19-11-15-18-8-9-20(15)2/h5-6,8-10H,7,11,17H2,1-2H3,(H,19,21). The largest absolute Gasteiger partial charge is 0.345 e. The Labute approximate surface area is 124 Å². The van der Waals surface area contributed by atoms with Crippen LogP contribution >= 0.6 is 0 Å². The predicted octanol–water partition coefficient (Wildman–Crippen LogP) is 0.969. The molecule has 1 amide bonds. The minimum absolute atomic E-state index is 0.167. The van der Waals surface area contributed by atoms with Crippen LogP contribution < -0.4 is 11.1 Å². The number of hydrogen-bond donors (Lipinski definition) is 2. The molecule has 0 aliphatic rings. The second kappa shape index (κ2) is 6.73. The molecule has 0 unspecified atom stereocenters. The smallest absolute Gasteiger partial charge is 0.252 e. The zero-order chi connectivity index (χ0) is 15.2. The first-order valence-corrected chi connectivity index (χ1v) is 6.66. The van der Waals surface area contributed by atoms with Gasteiger partial charge in [-0.2, -0.15) is 0 Å². The van der Waals surface area contributed by atoms with E-state index in [0.717, 1.165) is 11.4 Å². The van der Waals surface area contributed by atoms with Gasteiger partial charge in [0.05, 0.1) is 18.7 Å². The van der Waals surface area contributed by atoms with Crippen molar-refractivity contribution in [2.24, 2.45) is 12.8 Å². The first-order chi connectivity index (χ1) is 10.1. The molecule has 0 aliphatic heterocycles. The predicted molar refractivity (Wildman–Crippen MR) is 81.5 cm³/mol. The van der Waals surface area contributed by atoms with Crippen molar-refractivity contribution in [3.8, 4) is 11.8 Å². The van der Waals surface area contributed by atoms with Crippen molar-refractivity contribution in [1.29, 1.82) is 0 Å². The first kappa shape index (κ1) is 14.8. The Hall–Kier alpha value is -2.58. The van der Waals surface area contributed by atoms with E-state index in [1.54, 1.807) is 12.3 Å². The molecule has 0 aliphatic carbocycles. The molecule has 108 valence electrons. The van der Waals surface area contributed by atoms with Crippen LogP contribution in [0, 0.1) is 18.8 Å². The van der Waals surface area contributed by atoms with Crippen LogP contribution in [-0.2, 0) is 13.6 Å². The molecule has 5 nitrogen and oxygen atoms in total. The van der Waals surface area contributed by atoms with Crippen LogP contribution in [0.25, 0.3) is 0 Å². The molecule has 1 aromatic carbocycles. The van der Waals surface area contributed by atoms with Gasteiger partial charge in [-0.05, 0) is 24.6 Å². The number of aryl methyl sites for hydroxylation is 2. The SMILES string of the molecule is Cc1ccc(C(=O)NCc2nccn2C)c(C#CCN)c1. The minimum Gasteiger partial charge on any atom is -0.345 e. The molecule has 0 saturated carbocycles. The fourth-order valence-corrected chi connectivity index (χ4v) is 1.93. The highest BCUT2D eigenvalue weighted by Gasteiger charge is 2.11. The number of benzene rings is 1. The van der Waals surface area contributed by atoms with E-state index in [9.17, 15) is 4.79 Å². The van der Waals surface area contributed by atoms with Crippen LogP contribution in [0.3, 0.4) is 0 Å². The quantitative estimate of drug-likeness (QED) is 0.824. The van der Waals surface area contributed by atoms with Crippen molar-refractivity contribution >= 4 is 5.91 Å². The molecule has 1 heterocycles. The van der Waals surface area contributed by atoms with Gasteiger partial charge in [0.1, 0.15) is 5.82 Å². The number of imidazole rings is 1. The third-order valence-corrected chi connectivity index (χ3v) is 3.07. The molecule has 0 saturated heterocycles. The Morgan fingerprint density at radius 3 is 2.95 bits per heavy atom. The molecule has 3 N–H and O–H groups in total. The molecular formula is C16H18N4O. The highest BCUT2D eigenvalue weighted by atomic mass is 16.1. The Balaban J connectivity index is 2.17. The summed E-state index contributed by atoms with van der Waals surface area (Å²) in [7, 11) is 1.89. The van der Waals surface area contributed by atoms with E-state index in [-0.39, 0.29) is 12.5 Å². The average Bonchev–Trinajstić information content (AvgIpc) is 2.88. The van der Waals surface area contributed by atoms with E-state index in [1.807, 2.05) is 36.9 Å². The van der Waals surface area contributed by atoms with Crippen LogP contribution in [0.1, 0.15) is 27.3 Å². The summed E-state index contributed by atoms with van der Waals surface area (Å²) in [6.45, 7) is 2.60. The fraction of sp³-hybridized carbons (Fsp3) is 0.250. The topological polar surface area (TPSA) is 72.9 Å². The van der Waals surface area contributed by atoms with E-state index < -0.39 is 0 Å². The maximum atomic E-state index is 12.3. The first-order valence-electron chi connectivity index (χ1n) is 6.66. The fourth-order valence-electron chi connectivity index (χ4n) is 1.93. The van der Waals surface area contributed by atoms with Gasteiger partial charge in [-0.15, -0.1) is 0 Å². The molecule has 21 heavy (non-hydrogen) atoms. The molecule has 2 rings (SSSR count). The normalized spacial score (nSPS) is 9.86. The second-order valence-corrected chi connectivity index (χ2v) is 4.69. The van der Waals surface area contributed by atoms with E-state index in [0.29, 0.717) is 17.7 Å². The number of amides is 1. The van der Waals surface area contributed by atoms with Crippen LogP contribution in [-0.4, -0.2) is 22.0 Å². The van der Waals surface area contributed by atoms with Gasteiger partial charge in [-0.3, -0.25) is 4.79 Å². The molecule has 2 aromatic rings. The summed E-state index contributed by atoms with van der Waals surface area (Å²) in [5, 5.41) is 2.86. The second-order valence-electron chi connectivity index (χ2n) is 4.69. The molecule has 0 bridgehead atoms. The van der Waals surface area contributed by atoms with Crippen molar-refractivity contribution < 1.29 is 4.79 Å². The molecule has 5 heteroatoms. The Morgan fingerprint density at radius 1 is 1.48 bits per heavy atom. The maximum Gasteiger partial charge on any atom is 0.252 e. The van der Waals surface area contributed by atoms with Gasteiger partial charge in [0, 0.05) is 25.0 Å². The Bertz CT molecular complexity index is 707. The van der Waals surface area contributed by atoms with E-state index in [4.69, 9.17) is 5.73 Å². The van der Waals surface area contributed by atoms with Gasteiger partial charge in [0.15, 0.2) is 0 Å². The lowest BCUT2D eigenvalue weighted by Gasteiger charge is -2.08. The van der Waals surface area contributed by atoms with Crippen molar-refractivity contribution in [3.63, 3.8) is 0 Å². The number of aromatic nitrogens is 2. The lowest BCUT2D eigenvalue weighted by Crippen LogP contribution is -2.25. The van der Waals surface area contributed by atoms with Gasteiger partial charge in [-0.1, -0.05) is 17.9 Å². The van der Waals surface area contributed by atoms with Gasteiger partial charge in [0.2, 0.25) is 0 Å². The summed E-state index contributed by atoms with van der Waals surface area (Å²) in [4.78, 5) is 16.5. The van der Waals surface area contributed by atoms with Crippen LogP contribution in [0.15, 0.2) is 30.6 Å². The number of nitrogens with zero attached hydrogens (tertiary/aromatic N) is 2. The third-order valence-electron chi connectivity index (χ3n) is 3.07. The van der Waals surface area contributed by atoms with E-state index in [2.05, 4.69) is 22.1 Å². The number of nitrogens with two attached hydrogens (primary N) is 1. The van der Waals surface area contributed by atoms with Crippen molar-refractivity contribution in [3.05, 3.63) is 53.1 Å². The molecule has 0 atom stereocenters. The third kappa shape index (κ3) is 3.71. The van der Waals surface area contributed by atoms with Gasteiger partial charge >= 0.3 is 0 Å². The lowest BCUT2D eigenvalue weighted by molar-refractivity contribution is 0.0949. The molecular weight excluding hydrogens is 264 g/mol. The Kier molecular flexibility index (Phi) is 4.75. The zero-order valence-corrected chi connectivity index (χ0v) is 12.2. The number of rotatable bonds is 3. The van der Waals surface area contributed by atoms with Gasteiger partial charge < -0.3 is 15.6 Å². The summed E-state index contributed by atoms with van der Waals surface area (Å²) < 4.78 is 1.87.